The lowest BCUT2D eigenvalue weighted by molar-refractivity contribution is 0.0699. The van der Waals surface area contributed by atoms with Crippen LogP contribution in [0.25, 0.3) is 23.2 Å². The summed E-state index contributed by atoms with van der Waals surface area (Å²) in [5.74, 6) is -0.419. The van der Waals surface area contributed by atoms with E-state index in [0.29, 0.717) is 16.9 Å². The fraction of sp³-hybridized carbons (Fsp3) is 0.0588. The monoisotopic (exact) mass is 326 g/mol. The molecule has 1 aromatic heterocycles. The molecule has 0 aliphatic carbocycles. The van der Waals surface area contributed by atoms with E-state index in [4.69, 9.17) is 0 Å². The summed E-state index contributed by atoms with van der Waals surface area (Å²) >= 11 is -0.993. The smallest absolute Gasteiger partial charge is 0.337 e. The summed E-state index contributed by atoms with van der Waals surface area (Å²) in [7, 11) is 0. The van der Waals surface area contributed by atoms with Gasteiger partial charge in [-0.25, -0.2) is 9.78 Å². The van der Waals surface area contributed by atoms with Crippen LogP contribution in [0.3, 0.4) is 0 Å². The highest BCUT2D eigenvalue weighted by molar-refractivity contribution is 7.90. The molecule has 0 aliphatic rings. The molecule has 23 heavy (non-hydrogen) atoms. The zero-order valence-electron chi connectivity index (χ0n) is 12.3. The molecule has 0 saturated carbocycles. The fourth-order valence-electron chi connectivity index (χ4n) is 2.25. The summed E-state index contributed by atoms with van der Waals surface area (Å²) in [6.45, 7) is 0. The van der Waals surface area contributed by atoms with Gasteiger partial charge in [0.15, 0.2) is 4.90 Å². The first-order valence-corrected chi connectivity index (χ1v) is 8.44. The van der Waals surface area contributed by atoms with Gasteiger partial charge in [-0.15, -0.1) is 0 Å². The van der Waals surface area contributed by atoms with Gasteiger partial charge in [-0.1, -0.05) is 12.1 Å². The number of carboxylic acid groups (broad SMARTS) is 1. The van der Waals surface area contributed by atoms with Crippen molar-refractivity contribution < 1.29 is 14.5 Å². The molecule has 0 bridgehead atoms. The number of aromatic amines is 1. The van der Waals surface area contributed by atoms with Crippen molar-refractivity contribution in [2.45, 2.75) is 4.90 Å². The number of benzene rings is 2. The van der Waals surface area contributed by atoms with E-state index in [1.165, 1.54) is 6.07 Å². The summed E-state index contributed by atoms with van der Waals surface area (Å²) in [5.41, 5.74) is 2.24. The molecule has 6 heteroatoms. The molecule has 0 saturated heterocycles. The van der Waals surface area contributed by atoms with Gasteiger partial charge >= 0.3 is 5.97 Å². The first kappa shape index (κ1) is 15.3. The topological polar surface area (TPSA) is 89.0 Å². The molecule has 0 amide bonds. The third-order valence-electron chi connectivity index (χ3n) is 3.41. The Bertz CT molecular complexity index is 882. The van der Waals surface area contributed by atoms with Gasteiger partial charge in [-0.3, -0.25) is 0 Å². The van der Waals surface area contributed by atoms with Crippen molar-refractivity contribution in [1.29, 1.82) is 0 Å². The number of hydrogen-bond donors (Lipinski definition) is 2. The molecule has 116 valence electrons. The van der Waals surface area contributed by atoms with Gasteiger partial charge in [0.05, 0.1) is 11.1 Å². The van der Waals surface area contributed by atoms with Crippen LogP contribution in [-0.2, 0) is 11.2 Å². The van der Waals surface area contributed by atoms with E-state index in [1.807, 2.05) is 30.3 Å². The highest BCUT2D eigenvalue weighted by Crippen LogP contribution is 2.18. The number of nitrogens with zero attached hydrogens (tertiary/aromatic N) is 1. The summed E-state index contributed by atoms with van der Waals surface area (Å²) in [5, 5.41) is 9.17. The Labute approximate surface area is 135 Å². The molecule has 1 atom stereocenters. The molecular weight excluding hydrogens is 312 g/mol. The SMILES string of the molecule is C[S+]([O-])c1ccc(/C=C/c2nc3c(C(=O)O)cccc3[nH]2)cc1. The molecule has 2 N–H and O–H groups in total. The molecule has 5 nitrogen and oxygen atoms in total. The third-order valence-corrected chi connectivity index (χ3v) is 4.34. The normalized spacial score (nSPS) is 12.8. The average molecular weight is 326 g/mol. The van der Waals surface area contributed by atoms with Crippen LogP contribution in [0.4, 0.5) is 0 Å². The second-order valence-corrected chi connectivity index (χ2v) is 6.37. The Morgan fingerprint density at radius 2 is 1.96 bits per heavy atom. The number of carbonyl (C=O) groups is 1. The number of H-pyrrole nitrogens is 1. The minimum absolute atomic E-state index is 0.174. The molecule has 3 rings (SSSR count). The highest BCUT2D eigenvalue weighted by atomic mass is 32.2. The number of carboxylic acids is 1. The van der Waals surface area contributed by atoms with Gasteiger partial charge < -0.3 is 14.6 Å². The number of para-hydroxylation sites is 1. The zero-order chi connectivity index (χ0) is 16.4. The zero-order valence-corrected chi connectivity index (χ0v) is 13.1. The molecule has 1 heterocycles. The van der Waals surface area contributed by atoms with Gasteiger partial charge in [0.2, 0.25) is 0 Å². The first-order chi connectivity index (χ1) is 11.0. The molecule has 0 fully saturated rings. The molecular formula is C17H14N2O3S. The number of rotatable bonds is 4. The summed E-state index contributed by atoms with van der Waals surface area (Å²) in [6.07, 6.45) is 5.28. The van der Waals surface area contributed by atoms with Crippen molar-refractivity contribution in [3.05, 3.63) is 59.4 Å². The minimum atomic E-state index is -0.999. The summed E-state index contributed by atoms with van der Waals surface area (Å²) in [6, 6.07) is 12.4. The average Bonchev–Trinajstić information content (AvgIpc) is 2.95. The Morgan fingerprint density at radius 1 is 1.22 bits per heavy atom. The lowest BCUT2D eigenvalue weighted by Gasteiger charge is -2.03. The maximum atomic E-state index is 11.4. The molecule has 0 aliphatic heterocycles. The van der Waals surface area contributed by atoms with Crippen LogP contribution in [0.2, 0.25) is 0 Å². The Morgan fingerprint density at radius 3 is 2.61 bits per heavy atom. The van der Waals surface area contributed by atoms with Crippen LogP contribution >= 0.6 is 0 Å². The van der Waals surface area contributed by atoms with Gasteiger partial charge in [0.25, 0.3) is 0 Å². The lowest BCUT2D eigenvalue weighted by Crippen LogP contribution is -1.96. The molecule has 1 unspecified atom stereocenters. The van der Waals surface area contributed by atoms with Crippen LogP contribution in [-0.4, -0.2) is 31.9 Å². The van der Waals surface area contributed by atoms with E-state index in [9.17, 15) is 14.5 Å². The maximum absolute atomic E-state index is 11.4. The number of aromatic nitrogens is 2. The van der Waals surface area contributed by atoms with E-state index in [-0.39, 0.29) is 5.56 Å². The number of aromatic carboxylic acids is 1. The quantitative estimate of drug-likeness (QED) is 0.721. The van der Waals surface area contributed by atoms with Crippen LogP contribution in [0.1, 0.15) is 21.7 Å². The maximum Gasteiger partial charge on any atom is 0.337 e. The summed E-state index contributed by atoms with van der Waals surface area (Å²) in [4.78, 5) is 19.4. The number of imidazole rings is 1. The first-order valence-electron chi connectivity index (χ1n) is 6.88. The van der Waals surface area contributed by atoms with Crippen molar-refractivity contribution >= 4 is 40.3 Å². The van der Waals surface area contributed by atoms with Crippen molar-refractivity contribution in [3.63, 3.8) is 0 Å². The second-order valence-electron chi connectivity index (χ2n) is 4.99. The largest absolute Gasteiger partial charge is 0.612 e. The van der Waals surface area contributed by atoms with Gasteiger partial charge in [-0.05, 0) is 59.2 Å². The van der Waals surface area contributed by atoms with Crippen molar-refractivity contribution in [1.82, 2.24) is 9.97 Å². The van der Waals surface area contributed by atoms with Crippen LogP contribution < -0.4 is 0 Å². The predicted molar refractivity (Wildman–Crippen MR) is 90.8 cm³/mol. The Kier molecular flexibility index (Phi) is 4.18. The standard InChI is InChI=1S/C17H14N2O3S/c1-23(22)12-8-5-11(6-9-12)7-10-15-18-14-4-2-3-13(17(20)21)16(14)19-15/h2-10H,1H3,(H,18,19)(H,20,21)/b10-7+. The van der Waals surface area contributed by atoms with Crippen LogP contribution in [0.15, 0.2) is 47.4 Å². The predicted octanol–water partition coefficient (Wildman–Crippen LogP) is 3.17. The van der Waals surface area contributed by atoms with Gasteiger partial charge in [0, 0.05) is 0 Å². The summed E-state index contributed by atoms with van der Waals surface area (Å²) < 4.78 is 11.4. The number of nitrogens with one attached hydrogen (secondary N) is 1. The third kappa shape index (κ3) is 3.28. The van der Waals surface area contributed by atoms with E-state index in [2.05, 4.69) is 9.97 Å². The van der Waals surface area contributed by atoms with Crippen LogP contribution in [0.5, 0.6) is 0 Å². The highest BCUT2D eigenvalue weighted by Gasteiger charge is 2.11. The van der Waals surface area contributed by atoms with Gasteiger partial charge in [-0.2, -0.15) is 0 Å². The minimum Gasteiger partial charge on any atom is -0.612 e. The molecule has 2 aromatic carbocycles. The van der Waals surface area contributed by atoms with Gasteiger partial charge in [0.1, 0.15) is 17.6 Å². The van der Waals surface area contributed by atoms with Crippen molar-refractivity contribution in [2.24, 2.45) is 0 Å². The van der Waals surface area contributed by atoms with Crippen molar-refractivity contribution in [3.8, 4) is 0 Å². The van der Waals surface area contributed by atoms with E-state index in [0.717, 1.165) is 10.5 Å². The lowest BCUT2D eigenvalue weighted by atomic mass is 10.2. The molecule has 0 radical (unpaired) electrons. The van der Waals surface area contributed by atoms with Crippen molar-refractivity contribution in [2.75, 3.05) is 6.26 Å². The van der Waals surface area contributed by atoms with Crippen LogP contribution in [0, 0.1) is 0 Å². The van der Waals surface area contributed by atoms with E-state index >= 15 is 0 Å². The fourth-order valence-corrected chi connectivity index (χ4v) is 2.77. The Hall–Kier alpha value is -2.57. The second kappa shape index (κ2) is 6.28. The number of hydrogen-bond acceptors (Lipinski definition) is 3. The van der Waals surface area contributed by atoms with E-state index in [1.54, 1.807) is 24.5 Å². The Balaban J connectivity index is 1.89. The molecule has 0 spiro atoms. The van der Waals surface area contributed by atoms with E-state index < -0.39 is 17.1 Å². The molecule has 3 aromatic rings. The number of fused-ring (bicyclic) bond motifs is 1.